The number of fused-ring (bicyclic) bond motifs is 1. The molecule has 7 heteroatoms. The normalized spacial score (nSPS) is 17.5. The average Bonchev–Trinajstić information content (AvgIpc) is 2.93. The molecule has 1 aliphatic rings. The average molecular weight is 330 g/mol. The molecular weight excluding hydrogens is 308 g/mol. The van der Waals surface area contributed by atoms with Gasteiger partial charge in [0.2, 0.25) is 0 Å². The quantitative estimate of drug-likeness (QED) is 0.619. The van der Waals surface area contributed by atoms with Crippen molar-refractivity contribution in [1.29, 1.82) is 0 Å². The summed E-state index contributed by atoms with van der Waals surface area (Å²) < 4.78 is 1.86. The Hall–Kier alpha value is -1.79. The number of nitrogens with one attached hydrogen (secondary N) is 1. The minimum Gasteiger partial charge on any atom is -0.370 e. The second-order valence-electron chi connectivity index (χ2n) is 5.82. The maximum absolute atomic E-state index is 6.39. The molecule has 120 valence electrons. The maximum atomic E-state index is 6.39. The van der Waals surface area contributed by atoms with Crippen LogP contribution in [0.2, 0.25) is 0 Å². The van der Waals surface area contributed by atoms with Crippen molar-refractivity contribution in [3.8, 4) is 0 Å². The van der Waals surface area contributed by atoms with E-state index in [4.69, 9.17) is 22.3 Å². The SMILES string of the molecule is Bc1cnn2c(NCCCCN)cc(C3CC=CC=C3Cl)nc12. The molecule has 0 radical (unpaired) electrons. The molecule has 3 rings (SSSR count). The topological polar surface area (TPSA) is 68.2 Å². The van der Waals surface area contributed by atoms with Gasteiger partial charge in [-0.1, -0.05) is 23.8 Å². The summed E-state index contributed by atoms with van der Waals surface area (Å²) in [5, 5.41) is 8.71. The van der Waals surface area contributed by atoms with Gasteiger partial charge in [-0.05, 0) is 37.3 Å². The van der Waals surface area contributed by atoms with Crippen molar-refractivity contribution in [2.24, 2.45) is 5.73 Å². The largest absolute Gasteiger partial charge is 0.370 e. The third-order valence-corrected chi connectivity index (χ3v) is 4.45. The summed E-state index contributed by atoms with van der Waals surface area (Å²) >= 11 is 6.39. The number of rotatable bonds is 6. The number of allylic oxidation sites excluding steroid dienone is 4. The number of nitrogens with two attached hydrogens (primary N) is 1. The Morgan fingerprint density at radius 3 is 3.09 bits per heavy atom. The first-order chi connectivity index (χ1) is 11.2. The van der Waals surface area contributed by atoms with Gasteiger partial charge in [0.1, 0.15) is 13.7 Å². The van der Waals surface area contributed by atoms with E-state index in [1.165, 1.54) is 0 Å². The number of halogens is 1. The van der Waals surface area contributed by atoms with Gasteiger partial charge in [-0.3, -0.25) is 0 Å². The Labute approximate surface area is 142 Å². The molecule has 0 bridgehead atoms. The predicted octanol–water partition coefficient (Wildman–Crippen LogP) is 1.30. The lowest BCUT2D eigenvalue weighted by Crippen LogP contribution is -2.14. The van der Waals surface area contributed by atoms with E-state index in [-0.39, 0.29) is 5.92 Å². The highest BCUT2D eigenvalue weighted by atomic mass is 35.5. The van der Waals surface area contributed by atoms with Gasteiger partial charge in [0.15, 0.2) is 5.65 Å². The van der Waals surface area contributed by atoms with E-state index in [2.05, 4.69) is 22.6 Å². The van der Waals surface area contributed by atoms with E-state index in [0.29, 0.717) is 6.54 Å². The number of hydrogen-bond donors (Lipinski definition) is 2. The maximum Gasteiger partial charge on any atom is 0.151 e. The summed E-state index contributed by atoms with van der Waals surface area (Å²) in [5.74, 6) is 1.07. The van der Waals surface area contributed by atoms with Crippen LogP contribution in [-0.4, -0.2) is 35.5 Å². The van der Waals surface area contributed by atoms with Gasteiger partial charge in [-0.15, -0.1) is 0 Å². The van der Waals surface area contributed by atoms with Crippen LogP contribution in [0.25, 0.3) is 5.65 Å². The summed E-state index contributed by atoms with van der Waals surface area (Å²) in [6, 6.07) is 2.06. The molecule has 0 amide bonds. The van der Waals surface area contributed by atoms with Crippen molar-refractivity contribution < 1.29 is 0 Å². The van der Waals surface area contributed by atoms with E-state index in [9.17, 15) is 0 Å². The highest BCUT2D eigenvalue weighted by Gasteiger charge is 2.20. The van der Waals surface area contributed by atoms with Gasteiger partial charge in [0, 0.05) is 29.8 Å². The molecule has 0 saturated carbocycles. The van der Waals surface area contributed by atoms with Crippen LogP contribution in [0.3, 0.4) is 0 Å². The van der Waals surface area contributed by atoms with Crippen LogP contribution in [0.5, 0.6) is 0 Å². The molecule has 1 aliphatic carbocycles. The lowest BCUT2D eigenvalue weighted by molar-refractivity contribution is 0.762. The number of aromatic nitrogens is 3. The van der Waals surface area contributed by atoms with Crippen molar-refractivity contribution in [2.45, 2.75) is 25.2 Å². The van der Waals surface area contributed by atoms with Gasteiger partial charge in [-0.25, -0.2) is 4.98 Å². The van der Waals surface area contributed by atoms with Crippen LogP contribution in [0.1, 0.15) is 30.9 Å². The fourth-order valence-electron chi connectivity index (χ4n) is 2.75. The lowest BCUT2D eigenvalue weighted by atomic mass is 9.96. The number of nitrogens with zero attached hydrogens (tertiary/aromatic N) is 3. The third-order valence-electron chi connectivity index (χ3n) is 4.06. The molecule has 3 N–H and O–H groups in total. The monoisotopic (exact) mass is 329 g/mol. The third kappa shape index (κ3) is 3.43. The fourth-order valence-corrected chi connectivity index (χ4v) is 3.02. The Morgan fingerprint density at radius 1 is 1.43 bits per heavy atom. The predicted molar refractivity (Wildman–Crippen MR) is 98.4 cm³/mol. The molecule has 2 aromatic rings. The first-order valence-electron chi connectivity index (χ1n) is 8.02. The first-order valence-corrected chi connectivity index (χ1v) is 8.40. The van der Waals surface area contributed by atoms with Crippen molar-refractivity contribution in [3.63, 3.8) is 0 Å². The molecule has 23 heavy (non-hydrogen) atoms. The molecule has 1 unspecified atom stereocenters. The van der Waals surface area contributed by atoms with E-state index in [1.807, 2.05) is 30.7 Å². The Bertz CT molecular complexity index is 752. The van der Waals surface area contributed by atoms with E-state index >= 15 is 0 Å². The van der Waals surface area contributed by atoms with Crippen LogP contribution in [-0.2, 0) is 0 Å². The van der Waals surface area contributed by atoms with Gasteiger partial charge in [0.25, 0.3) is 0 Å². The van der Waals surface area contributed by atoms with Crippen molar-refractivity contribution in [2.75, 3.05) is 18.4 Å². The summed E-state index contributed by atoms with van der Waals surface area (Å²) in [6.07, 6.45) is 10.8. The molecule has 0 aliphatic heterocycles. The summed E-state index contributed by atoms with van der Waals surface area (Å²) in [5.41, 5.74) is 8.47. The number of anilines is 1. The molecule has 0 aromatic carbocycles. The standard InChI is InChI=1S/C16H21BClN5/c17-12-10-21-23-15(20-8-4-3-7-19)9-14(22-16(12)23)11-5-1-2-6-13(11)18/h1-2,6,9-11,20H,3-5,7-8,17,19H2. The minimum atomic E-state index is 0.116. The van der Waals surface area contributed by atoms with Crippen LogP contribution in [0.4, 0.5) is 5.82 Å². The highest BCUT2D eigenvalue weighted by Crippen LogP contribution is 2.33. The van der Waals surface area contributed by atoms with Crippen LogP contribution in [0, 0.1) is 0 Å². The first kappa shape index (κ1) is 16.1. The smallest absolute Gasteiger partial charge is 0.151 e. The van der Waals surface area contributed by atoms with E-state index in [1.54, 1.807) is 0 Å². The molecule has 2 aromatic heterocycles. The second kappa shape index (κ2) is 7.19. The zero-order valence-corrected chi connectivity index (χ0v) is 14.1. The van der Waals surface area contributed by atoms with E-state index in [0.717, 1.165) is 53.5 Å². The molecule has 0 saturated heterocycles. The van der Waals surface area contributed by atoms with Crippen molar-refractivity contribution in [1.82, 2.24) is 14.6 Å². The summed E-state index contributed by atoms with van der Waals surface area (Å²) in [4.78, 5) is 4.80. The van der Waals surface area contributed by atoms with Gasteiger partial charge in [-0.2, -0.15) is 9.61 Å². The minimum absolute atomic E-state index is 0.116. The van der Waals surface area contributed by atoms with Crippen LogP contribution < -0.4 is 16.5 Å². The molecule has 5 nitrogen and oxygen atoms in total. The lowest BCUT2D eigenvalue weighted by Gasteiger charge is -2.18. The number of unbranched alkanes of at least 4 members (excludes halogenated alkanes) is 1. The Balaban J connectivity index is 1.94. The Kier molecular flexibility index (Phi) is 5.03. The summed E-state index contributed by atoms with van der Waals surface area (Å²) in [6.45, 7) is 1.58. The van der Waals surface area contributed by atoms with Gasteiger partial charge >= 0.3 is 0 Å². The zero-order valence-electron chi connectivity index (χ0n) is 13.3. The van der Waals surface area contributed by atoms with Crippen LogP contribution in [0.15, 0.2) is 35.5 Å². The fraction of sp³-hybridized carbons (Fsp3) is 0.375. The van der Waals surface area contributed by atoms with Gasteiger partial charge in [0.05, 0.1) is 5.69 Å². The van der Waals surface area contributed by atoms with Crippen LogP contribution >= 0.6 is 11.6 Å². The second-order valence-corrected chi connectivity index (χ2v) is 6.26. The highest BCUT2D eigenvalue weighted by molar-refractivity contribution is 6.36. The summed E-state index contributed by atoms with van der Waals surface area (Å²) in [7, 11) is 2.02. The number of hydrogen-bond acceptors (Lipinski definition) is 4. The molecule has 1 atom stereocenters. The zero-order chi connectivity index (χ0) is 16.2. The Morgan fingerprint density at radius 2 is 2.30 bits per heavy atom. The molecule has 0 spiro atoms. The van der Waals surface area contributed by atoms with Crippen molar-refractivity contribution >= 4 is 36.4 Å². The van der Waals surface area contributed by atoms with Crippen molar-refractivity contribution in [3.05, 3.63) is 41.2 Å². The molecule has 2 heterocycles. The van der Waals surface area contributed by atoms with E-state index < -0.39 is 0 Å². The molecular formula is C16H21BClN5. The molecule has 0 fully saturated rings. The van der Waals surface area contributed by atoms with Gasteiger partial charge < -0.3 is 11.1 Å².